The van der Waals surface area contributed by atoms with Crippen molar-refractivity contribution >= 4 is 11.0 Å². The third kappa shape index (κ3) is 3.27. The van der Waals surface area contributed by atoms with Crippen molar-refractivity contribution in [2.24, 2.45) is 7.05 Å². The van der Waals surface area contributed by atoms with Crippen molar-refractivity contribution in [2.45, 2.75) is 33.5 Å². The van der Waals surface area contributed by atoms with Crippen molar-refractivity contribution < 1.29 is 13.2 Å². The summed E-state index contributed by atoms with van der Waals surface area (Å²) in [6.45, 7) is 5.78. The molecule has 0 amide bonds. The average molecular weight is 377 g/mol. The number of fused-ring (bicyclic) bond motifs is 1. The van der Waals surface area contributed by atoms with E-state index >= 15 is 0 Å². The molecule has 8 heteroatoms. The molecule has 0 saturated carbocycles. The van der Waals surface area contributed by atoms with Gasteiger partial charge in [-0.2, -0.15) is 13.2 Å². The van der Waals surface area contributed by atoms with Gasteiger partial charge in [0.25, 0.3) is 5.56 Å². The first kappa shape index (κ1) is 18.9. The van der Waals surface area contributed by atoms with Gasteiger partial charge in [0, 0.05) is 7.05 Å². The third-order valence-corrected chi connectivity index (χ3v) is 4.63. The Morgan fingerprint density at radius 1 is 1.04 bits per heavy atom. The molecule has 3 rings (SSSR count). The third-order valence-electron chi connectivity index (χ3n) is 4.63. The van der Waals surface area contributed by atoms with E-state index in [-0.39, 0.29) is 17.6 Å². The molecule has 0 N–H and O–H groups in total. The number of hydrogen-bond donors (Lipinski definition) is 0. The topological polar surface area (TPSA) is 56.9 Å². The number of pyridine rings is 1. The zero-order chi connectivity index (χ0) is 20.1. The van der Waals surface area contributed by atoms with Gasteiger partial charge in [0.05, 0.1) is 11.9 Å². The molecule has 0 radical (unpaired) electrons. The zero-order valence-corrected chi connectivity index (χ0v) is 15.3. The maximum absolute atomic E-state index is 12.9. The Morgan fingerprint density at radius 3 is 2.19 bits per heavy atom. The van der Waals surface area contributed by atoms with E-state index in [0.29, 0.717) is 0 Å². The average Bonchev–Trinajstić information content (AvgIpc) is 2.57. The molecule has 3 aromatic rings. The van der Waals surface area contributed by atoms with E-state index in [9.17, 15) is 22.8 Å². The van der Waals surface area contributed by atoms with Crippen LogP contribution in [0.2, 0.25) is 0 Å². The highest BCUT2D eigenvalue weighted by molar-refractivity contribution is 5.74. The highest BCUT2D eigenvalue weighted by Gasteiger charge is 2.33. The Bertz CT molecular complexity index is 1150. The molecule has 0 spiro atoms. The van der Waals surface area contributed by atoms with E-state index in [0.717, 1.165) is 43.5 Å². The normalized spacial score (nSPS) is 12.0. The number of aryl methyl sites for hydroxylation is 4. The van der Waals surface area contributed by atoms with Gasteiger partial charge in [0.15, 0.2) is 0 Å². The van der Waals surface area contributed by atoms with E-state index in [1.54, 1.807) is 0 Å². The summed E-state index contributed by atoms with van der Waals surface area (Å²) in [6.07, 6.45) is -4.66. The van der Waals surface area contributed by atoms with Gasteiger partial charge in [-0.05, 0) is 49.6 Å². The van der Waals surface area contributed by atoms with Crippen LogP contribution in [0.4, 0.5) is 13.2 Å². The molecule has 0 saturated heterocycles. The van der Waals surface area contributed by atoms with Crippen LogP contribution < -0.4 is 11.2 Å². The Hall–Kier alpha value is -2.90. The number of aromatic nitrogens is 3. The Kier molecular flexibility index (Phi) is 4.45. The summed E-state index contributed by atoms with van der Waals surface area (Å²) in [6, 6.07) is 5.73. The van der Waals surface area contributed by atoms with Crippen molar-refractivity contribution in [3.8, 4) is 0 Å². The molecule has 0 atom stereocenters. The molecular weight excluding hydrogens is 359 g/mol. The fourth-order valence-corrected chi connectivity index (χ4v) is 3.29. The van der Waals surface area contributed by atoms with Crippen molar-refractivity contribution in [2.75, 3.05) is 0 Å². The van der Waals surface area contributed by atoms with Crippen LogP contribution in [-0.2, 0) is 19.8 Å². The van der Waals surface area contributed by atoms with Gasteiger partial charge >= 0.3 is 11.9 Å². The van der Waals surface area contributed by atoms with Crippen LogP contribution in [0.1, 0.15) is 27.9 Å². The van der Waals surface area contributed by atoms with Crippen molar-refractivity contribution in [3.63, 3.8) is 0 Å². The van der Waals surface area contributed by atoms with Gasteiger partial charge in [-0.1, -0.05) is 17.7 Å². The Morgan fingerprint density at radius 2 is 1.63 bits per heavy atom. The molecule has 2 heterocycles. The van der Waals surface area contributed by atoms with E-state index in [1.165, 1.54) is 7.05 Å². The smallest absolute Gasteiger partial charge is 0.280 e. The summed E-state index contributed by atoms with van der Waals surface area (Å²) in [5, 5.41) is -0.0347. The minimum atomic E-state index is -4.66. The van der Waals surface area contributed by atoms with Gasteiger partial charge in [-0.3, -0.25) is 13.9 Å². The van der Waals surface area contributed by atoms with Crippen molar-refractivity contribution in [3.05, 3.63) is 73.1 Å². The summed E-state index contributed by atoms with van der Waals surface area (Å²) in [7, 11) is 1.31. The summed E-state index contributed by atoms with van der Waals surface area (Å²) >= 11 is 0. The lowest BCUT2D eigenvalue weighted by molar-refractivity contribution is -0.141. The highest BCUT2D eigenvalue weighted by atomic mass is 19.4. The molecule has 1 aromatic carbocycles. The summed E-state index contributed by atoms with van der Waals surface area (Å²) in [4.78, 5) is 28.9. The number of halogens is 3. The SMILES string of the molecule is Cc1cc(C)c(Cn2c(=O)c3ccc(C(F)(F)F)nc3n(C)c2=O)c(C)c1. The van der Waals surface area contributed by atoms with Crippen LogP contribution in [0.3, 0.4) is 0 Å². The van der Waals surface area contributed by atoms with Crippen LogP contribution in [-0.4, -0.2) is 14.1 Å². The summed E-state index contributed by atoms with van der Waals surface area (Å²) in [5.74, 6) is 0. The molecule has 0 aliphatic heterocycles. The first-order valence-electron chi connectivity index (χ1n) is 8.25. The number of alkyl halides is 3. The maximum Gasteiger partial charge on any atom is 0.433 e. The van der Waals surface area contributed by atoms with Crippen molar-refractivity contribution in [1.29, 1.82) is 0 Å². The quantitative estimate of drug-likeness (QED) is 0.690. The standard InChI is InChI=1S/C19H18F3N3O2/c1-10-7-11(2)14(12(3)8-10)9-25-17(26)13-5-6-15(19(20,21)22)23-16(13)24(4)18(25)27/h5-8H,9H2,1-4H3. The van der Waals surface area contributed by atoms with Gasteiger partial charge in [-0.15, -0.1) is 0 Å². The summed E-state index contributed by atoms with van der Waals surface area (Å²) < 4.78 is 40.7. The second-order valence-electron chi connectivity index (χ2n) is 6.68. The predicted molar refractivity (Wildman–Crippen MR) is 96.0 cm³/mol. The van der Waals surface area contributed by atoms with Crippen LogP contribution in [0, 0.1) is 20.8 Å². The Labute approximate surface area is 152 Å². The number of hydrogen-bond acceptors (Lipinski definition) is 3. The van der Waals surface area contributed by atoms with E-state index in [4.69, 9.17) is 0 Å². The second-order valence-corrected chi connectivity index (χ2v) is 6.68. The molecule has 0 aliphatic rings. The molecule has 0 fully saturated rings. The fourth-order valence-electron chi connectivity index (χ4n) is 3.29. The minimum absolute atomic E-state index is 0.0347. The predicted octanol–water partition coefficient (Wildman–Crippen LogP) is 3.09. The van der Waals surface area contributed by atoms with Gasteiger partial charge in [0.2, 0.25) is 0 Å². The zero-order valence-electron chi connectivity index (χ0n) is 15.3. The molecular formula is C19H18F3N3O2. The van der Waals surface area contributed by atoms with Gasteiger partial charge < -0.3 is 0 Å². The second kappa shape index (κ2) is 6.37. The van der Waals surface area contributed by atoms with Crippen LogP contribution in [0.15, 0.2) is 33.9 Å². The minimum Gasteiger partial charge on any atom is -0.280 e. The van der Waals surface area contributed by atoms with E-state index in [2.05, 4.69) is 4.98 Å². The molecule has 5 nitrogen and oxygen atoms in total. The molecule has 0 aliphatic carbocycles. The maximum atomic E-state index is 12.9. The molecule has 2 aromatic heterocycles. The number of nitrogens with zero attached hydrogens (tertiary/aromatic N) is 3. The first-order valence-corrected chi connectivity index (χ1v) is 8.25. The lowest BCUT2D eigenvalue weighted by Crippen LogP contribution is -2.40. The first-order chi connectivity index (χ1) is 12.5. The van der Waals surface area contributed by atoms with Gasteiger partial charge in [0.1, 0.15) is 11.3 Å². The van der Waals surface area contributed by atoms with E-state index < -0.39 is 23.1 Å². The lowest BCUT2D eigenvalue weighted by atomic mass is 10.00. The Balaban J connectivity index is 2.25. The molecule has 0 unspecified atom stereocenters. The highest BCUT2D eigenvalue weighted by Crippen LogP contribution is 2.28. The number of rotatable bonds is 2. The molecule has 142 valence electrons. The van der Waals surface area contributed by atoms with Crippen LogP contribution >= 0.6 is 0 Å². The number of benzene rings is 1. The van der Waals surface area contributed by atoms with Crippen LogP contribution in [0.5, 0.6) is 0 Å². The molecule has 27 heavy (non-hydrogen) atoms. The van der Waals surface area contributed by atoms with Crippen molar-refractivity contribution in [1.82, 2.24) is 14.1 Å². The molecule has 0 bridgehead atoms. The fraction of sp³-hybridized carbons (Fsp3) is 0.316. The monoisotopic (exact) mass is 377 g/mol. The largest absolute Gasteiger partial charge is 0.433 e. The summed E-state index contributed by atoms with van der Waals surface area (Å²) in [5.41, 5.74) is 0.975. The lowest BCUT2D eigenvalue weighted by Gasteiger charge is -2.15. The van der Waals surface area contributed by atoms with Crippen LogP contribution in [0.25, 0.3) is 11.0 Å². The van der Waals surface area contributed by atoms with E-state index in [1.807, 2.05) is 32.9 Å². The van der Waals surface area contributed by atoms with Gasteiger partial charge in [-0.25, -0.2) is 9.78 Å².